The van der Waals surface area contributed by atoms with Gasteiger partial charge in [-0.05, 0) is 42.3 Å². The number of carboxylic acids is 1. The van der Waals surface area contributed by atoms with Crippen molar-refractivity contribution in [2.24, 2.45) is 0 Å². The summed E-state index contributed by atoms with van der Waals surface area (Å²) in [5, 5.41) is 13.5. The molecule has 2 N–H and O–H groups in total. The van der Waals surface area contributed by atoms with Gasteiger partial charge in [0.25, 0.3) is 0 Å². The van der Waals surface area contributed by atoms with E-state index >= 15 is 0 Å². The van der Waals surface area contributed by atoms with Crippen molar-refractivity contribution < 1.29 is 9.90 Å². The van der Waals surface area contributed by atoms with Crippen LogP contribution >= 0.6 is 23.2 Å². The van der Waals surface area contributed by atoms with E-state index in [2.05, 4.69) is 5.32 Å². The molecule has 0 amide bonds. The maximum absolute atomic E-state index is 11.0. The van der Waals surface area contributed by atoms with Crippen LogP contribution < -0.4 is 5.32 Å². The molecular formula is C16H15Cl2NO2. The molecule has 3 nitrogen and oxygen atoms in total. The van der Waals surface area contributed by atoms with Gasteiger partial charge in [-0.25, -0.2) is 4.79 Å². The lowest BCUT2D eigenvalue weighted by molar-refractivity contribution is 0.0697. The summed E-state index contributed by atoms with van der Waals surface area (Å²) in [5.41, 5.74) is 1.93. The summed E-state index contributed by atoms with van der Waals surface area (Å²) in [6.07, 6.45) is 0.804. The lowest BCUT2D eigenvalue weighted by Crippen LogP contribution is -2.11. The minimum absolute atomic E-state index is 0.0150. The molecule has 0 heterocycles. The van der Waals surface area contributed by atoms with Crippen molar-refractivity contribution in [3.05, 3.63) is 63.6 Å². The third-order valence-corrected chi connectivity index (χ3v) is 3.76. The molecule has 110 valence electrons. The monoisotopic (exact) mass is 323 g/mol. The van der Waals surface area contributed by atoms with Gasteiger partial charge in [0.15, 0.2) is 0 Å². The van der Waals surface area contributed by atoms with E-state index in [0.29, 0.717) is 10.0 Å². The number of hydrogen-bond acceptors (Lipinski definition) is 2. The molecule has 0 aliphatic carbocycles. The summed E-state index contributed by atoms with van der Waals surface area (Å²) in [7, 11) is 0. The molecule has 21 heavy (non-hydrogen) atoms. The van der Waals surface area contributed by atoms with Crippen LogP contribution in [0.5, 0.6) is 0 Å². The number of hydrogen-bond donors (Lipinski definition) is 2. The SMILES string of the molecule is CCC(Nc1cccc(C(=O)O)c1)c1ccc(Cl)cc1Cl. The summed E-state index contributed by atoms with van der Waals surface area (Å²) in [4.78, 5) is 11.0. The van der Waals surface area contributed by atoms with Crippen LogP contribution in [-0.4, -0.2) is 11.1 Å². The highest BCUT2D eigenvalue weighted by Gasteiger charge is 2.14. The zero-order valence-electron chi connectivity index (χ0n) is 11.4. The van der Waals surface area contributed by atoms with Gasteiger partial charge >= 0.3 is 5.97 Å². The van der Waals surface area contributed by atoms with Gasteiger partial charge in [-0.1, -0.05) is 42.3 Å². The largest absolute Gasteiger partial charge is 0.478 e. The van der Waals surface area contributed by atoms with Crippen molar-refractivity contribution in [2.75, 3.05) is 5.32 Å². The number of rotatable bonds is 5. The van der Waals surface area contributed by atoms with Gasteiger partial charge in [-0.2, -0.15) is 0 Å². The Morgan fingerprint density at radius 1 is 1.24 bits per heavy atom. The molecule has 5 heteroatoms. The van der Waals surface area contributed by atoms with Crippen molar-refractivity contribution in [1.82, 2.24) is 0 Å². The summed E-state index contributed by atoms with van der Waals surface area (Å²) < 4.78 is 0. The van der Waals surface area contributed by atoms with E-state index in [1.807, 2.05) is 19.1 Å². The molecule has 0 radical (unpaired) electrons. The van der Waals surface area contributed by atoms with Gasteiger partial charge in [0.05, 0.1) is 11.6 Å². The van der Waals surface area contributed by atoms with Crippen LogP contribution in [0.1, 0.15) is 35.3 Å². The Morgan fingerprint density at radius 3 is 2.62 bits per heavy atom. The maximum atomic E-state index is 11.0. The molecule has 0 bridgehead atoms. The highest BCUT2D eigenvalue weighted by Crippen LogP contribution is 2.30. The quantitative estimate of drug-likeness (QED) is 0.789. The predicted molar refractivity (Wildman–Crippen MR) is 86.5 cm³/mol. The first kappa shape index (κ1) is 15.7. The zero-order chi connectivity index (χ0) is 15.4. The van der Waals surface area contributed by atoms with Crippen LogP contribution in [-0.2, 0) is 0 Å². The molecule has 2 rings (SSSR count). The Kier molecular flexibility index (Phi) is 5.10. The number of halogens is 2. The number of carbonyl (C=O) groups is 1. The Morgan fingerprint density at radius 2 is 2.00 bits per heavy atom. The second kappa shape index (κ2) is 6.83. The standard InChI is InChI=1S/C16H15Cl2NO2/c1-2-15(13-7-6-11(17)9-14(13)18)19-12-5-3-4-10(8-12)16(20)21/h3-9,15,19H,2H2,1H3,(H,20,21). The molecule has 0 aliphatic heterocycles. The van der Waals surface area contributed by atoms with Gasteiger partial charge in [0.1, 0.15) is 0 Å². The van der Waals surface area contributed by atoms with Crippen LogP contribution in [0.2, 0.25) is 10.0 Å². The van der Waals surface area contributed by atoms with E-state index in [0.717, 1.165) is 17.7 Å². The Hall–Kier alpha value is -1.71. The van der Waals surface area contributed by atoms with Gasteiger partial charge in [-0.15, -0.1) is 0 Å². The zero-order valence-corrected chi connectivity index (χ0v) is 12.9. The Labute approximate surface area is 133 Å². The van der Waals surface area contributed by atoms with Crippen molar-refractivity contribution in [3.8, 4) is 0 Å². The summed E-state index contributed by atoms with van der Waals surface area (Å²) >= 11 is 12.1. The van der Waals surface area contributed by atoms with Crippen LogP contribution in [0, 0.1) is 0 Å². The maximum Gasteiger partial charge on any atom is 0.335 e. The second-order valence-corrected chi connectivity index (χ2v) is 5.50. The van der Waals surface area contributed by atoms with E-state index in [1.165, 1.54) is 0 Å². The summed E-state index contributed by atoms with van der Waals surface area (Å²) in [6, 6.07) is 12.1. The lowest BCUT2D eigenvalue weighted by Gasteiger charge is -2.20. The van der Waals surface area contributed by atoms with E-state index in [1.54, 1.807) is 30.3 Å². The molecular weight excluding hydrogens is 309 g/mol. The molecule has 0 spiro atoms. The minimum atomic E-state index is -0.948. The average molecular weight is 324 g/mol. The first-order chi connectivity index (χ1) is 10.0. The number of benzene rings is 2. The van der Waals surface area contributed by atoms with Crippen LogP contribution in [0.3, 0.4) is 0 Å². The van der Waals surface area contributed by atoms with Gasteiger partial charge < -0.3 is 10.4 Å². The van der Waals surface area contributed by atoms with Crippen molar-refractivity contribution >= 4 is 34.9 Å². The van der Waals surface area contributed by atoms with Crippen molar-refractivity contribution in [3.63, 3.8) is 0 Å². The van der Waals surface area contributed by atoms with E-state index in [4.69, 9.17) is 28.3 Å². The molecule has 2 aromatic rings. The molecule has 0 saturated heterocycles. The summed E-state index contributed by atoms with van der Waals surface area (Å²) in [6.45, 7) is 2.03. The molecule has 2 aromatic carbocycles. The number of nitrogens with one attached hydrogen (secondary N) is 1. The smallest absolute Gasteiger partial charge is 0.335 e. The van der Waals surface area contributed by atoms with E-state index in [-0.39, 0.29) is 11.6 Å². The van der Waals surface area contributed by atoms with Crippen molar-refractivity contribution in [1.29, 1.82) is 0 Å². The van der Waals surface area contributed by atoms with Gasteiger partial charge in [-0.3, -0.25) is 0 Å². The lowest BCUT2D eigenvalue weighted by atomic mass is 10.0. The molecule has 0 fully saturated rings. The topological polar surface area (TPSA) is 49.3 Å². The number of anilines is 1. The number of carboxylic acid groups (broad SMARTS) is 1. The third-order valence-electron chi connectivity index (χ3n) is 3.20. The third kappa shape index (κ3) is 3.90. The molecule has 1 atom stereocenters. The number of aromatic carboxylic acids is 1. The fraction of sp³-hybridized carbons (Fsp3) is 0.188. The second-order valence-electron chi connectivity index (χ2n) is 4.66. The van der Waals surface area contributed by atoms with Gasteiger partial charge in [0, 0.05) is 15.7 Å². The highest BCUT2D eigenvalue weighted by molar-refractivity contribution is 6.35. The Balaban J connectivity index is 2.26. The molecule has 0 aromatic heterocycles. The minimum Gasteiger partial charge on any atom is -0.478 e. The molecule has 0 aliphatic rings. The highest BCUT2D eigenvalue weighted by atomic mass is 35.5. The van der Waals surface area contributed by atoms with Crippen molar-refractivity contribution in [2.45, 2.75) is 19.4 Å². The molecule has 0 saturated carbocycles. The average Bonchev–Trinajstić information content (AvgIpc) is 2.45. The molecule has 1 unspecified atom stereocenters. The van der Waals surface area contributed by atoms with E-state index < -0.39 is 5.97 Å². The van der Waals surface area contributed by atoms with Crippen LogP contribution in [0.25, 0.3) is 0 Å². The van der Waals surface area contributed by atoms with Crippen LogP contribution in [0.4, 0.5) is 5.69 Å². The normalized spacial score (nSPS) is 12.0. The predicted octanol–water partition coefficient (Wildman–Crippen LogP) is 5.25. The fourth-order valence-corrected chi connectivity index (χ4v) is 2.67. The van der Waals surface area contributed by atoms with E-state index in [9.17, 15) is 4.79 Å². The summed E-state index contributed by atoms with van der Waals surface area (Å²) in [5.74, 6) is -0.948. The Bertz CT molecular complexity index is 658. The fourth-order valence-electron chi connectivity index (χ4n) is 2.13. The van der Waals surface area contributed by atoms with Gasteiger partial charge in [0.2, 0.25) is 0 Å². The first-order valence-corrected chi connectivity index (χ1v) is 7.31. The van der Waals surface area contributed by atoms with Crippen LogP contribution in [0.15, 0.2) is 42.5 Å². The first-order valence-electron chi connectivity index (χ1n) is 6.56.